The summed E-state index contributed by atoms with van der Waals surface area (Å²) in [5.74, 6) is 2.33. The number of hydrogen-bond acceptors (Lipinski definition) is 5. The molecule has 0 bridgehead atoms. The van der Waals surface area contributed by atoms with Crippen LogP contribution in [0.5, 0.6) is 5.75 Å². The molecule has 4 rings (SSSR count). The number of fused-ring (bicyclic) bond motifs is 1. The number of ether oxygens (including phenoxy) is 1. The number of nitrogens with one attached hydrogen (secondary N) is 2. The lowest BCUT2D eigenvalue weighted by molar-refractivity contribution is 0.215. The lowest BCUT2D eigenvalue weighted by atomic mass is 9.99. The Kier molecular flexibility index (Phi) is 5.49. The molecule has 1 aromatic heterocycles. The summed E-state index contributed by atoms with van der Waals surface area (Å²) in [7, 11) is 0. The Bertz CT molecular complexity index is 906. The Morgan fingerprint density at radius 2 is 1.96 bits per heavy atom. The highest BCUT2D eigenvalue weighted by atomic mass is 16.5. The number of rotatable bonds is 6. The number of anilines is 2. The van der Waals surface area contributed by atoms with E-state index in [1.807, 2.05) is 24.3 Å². The van der Waals surface area contributed by atoms with Gasteiger partial charge in [0.1, 0.15) is 17.9 Å². The Hall–Kier alpha value is -2.66. The molecule has 0 radical (unpaired) electrons. The number of aryl methyl sites for hydroxylation is 1. The number of benzene rings is 2. The average molecular weight is 362 g/mol. The van der Waals surface area contributed by atoms with Crippen LogP contribution in [-0.2, 0) is 6.42 Å². The second-order valence-corrected chi connectivity index (χ2v) is 7.04. The van der Waals surface area contributed by atoms with E-state index in [0.717, 1.165) is 54.3 Å². The topological polar surface area (TPSA) is 59.1 Å². The summed E-state index contributed by atoms with van der Waals surface area (Å²) in [5, 5.41) is 7.86. The van der Waals surface area contributed by atoms with E-state index in [9.17, 15) is 0 Å². The van der Waals surface area contributed by atoms with E-state index in [1.54, 1.807) is 6.33 Å². The summed E-state index contributed by atoms with van der Waals surface area (Å²) in [5.41, 5.74) is 3.25. The highest BCUT2D eigenvalue weighted by Gasteiger charge is 2.14. The van der Waals surface area contributed by atoms with Crippen LogP contribution in [0, 0.1) is 5.92 Å². The molecule has 3 aromatic rings. The van der Waals surface area contributed by atoms with Gasteiger partial charge in [0.25, 0.3) is 0 Å². The average Bonchev–Trinajstić information content (AvgIpc) is 2.73. The van der Waals surface area contributed by atoms with Crippen LogP contribution in [0.15, 0.2) is 48.8 Å². The predicted molar refractivity (Wildman–Crippen MR) is 110 cm³/mol. The van der Waals surface area contributed by atoms with Crippen LogP contribution in [0.1, 0.15) is 25.3 Å². The first-order chi connectivity index (χ1) is 13.3. The summed E-state index contributed by atoms with van der Waals surface area (Å²) in [4.78, 5) is 8.90. The molecule has 0 atom stereocenters. The Morgan fingerprint density at radius 3 is 2.81 bits per heavy atom. The Balaban J connectivity index is 1.53. The number of piperidine rings is 1. The van der Waals surface area contributed by atoms with Crippen molar-refractivity contribution in [1.82, 2.24) is 15.3 Å². The van der Waals surface area contributed by atoms with Crippen LogP contribution < -0.4 is 15.4 Å². The van der Waals surface area contributed by atoms with Crippen molar-refractivity contribution < 1.29 is 4.74 Å². The minimum Gasteiger partial charge on any atom is -0.493 e. The molecule has 140 valence electrons. The molecule has 5 nitrogen and oxygen atoms in total. The number of para-hydroxylation sites is 1. The van der Waals surface area contributed by atoms with Crippen LogP contribution in [0.4, 0.5) is 11.5 Å². The van der Waals surface area contributed by atoms with Crippen molar-refractivity contribution in [3.8, 4) is 5.75 Å². The summed E-state index contributed by atoms with van der Waals surface area (Å²) in [6.07, 6.45) is 4.94. The molecule has 2 N–H and O–H groups in total. The van der Waals surface area contributed by atoms with Gasteiger partial charge >= 0.3 is 0 Å². The second-order valence-electron chi connectivity index (χ2n) is 7.04. The van der Waals surface area contributed by atoms with Gasteiger partial charge in [-0.15, -0.1) is 0 Å². The van der Waals surface area contributed by atoms with Crippen molar-refractivity contribution in [1.29, 1.82) is 0 Å². The van der Waals surface area contributed by atoms with E-state index in [0.29, 0.717) is 5.92 Å². The molecule has 2 heterocycles. The zero-order valence-corrected chi connectivity index (χ0v) is 15.7. The highest BCUT2D eigenvalue weighted by molar-refractivity contribution is 5.91. The molecule has 5 heteroatoms. The smallest absolute Gasteiger partial charge is 0.141 e. The van der Waals surface area contributed by atoms with Gasteiger partial charge in [0, 0.05) is 17.1 Å². The molecule has 0 unspecified atom stereocenters. The standard InChI is InChI=1S/C22H26N4O/c1-2-17-5-3-4-6-20(17)26-22-19-8-7-18(13-21(19)24-15-25-22)27-14-16-9-11-23-12-10-16/h3-8,13,15-16,23H,2,9-12,14H2,1H3,(H,24,25,26). The zero-order valence-electron chi connectivity index (χ0n) is 15.7. The van der Waals surface area contributed by atoms with Crippen molar-refractivity contribution >= 4 is 22.4 Å². The maximum atomic E-state index is 6.04. The third kappa shape index (κ3) is 4.19. The van der Waals surface area contributed by atoms with Gasteiger partial charge in [0.15, 0.2) is 0 Å². The van der Waals surface area contributed by atoms with Gasteiger partial charge in [-0.1, -0.05) is 25.1 Å². The molecule has 0 spiro atoms. The summed E-state index contributed by atoms with van der Waals surface area (Å²) >= 11 is 0. The quantitative estimate of drug-likeness (QED) is 0.684. The highest BCUT2D eigenvalue weighted by Crippen LogP contribution is 2.28. The molecule has 1 fully saturated rings. The molecule has 27 heavy (non-hydrogen) atoms. The van der Waals surface area contributed by atoms with E-state index >= 15 is 0 Å². The first-order valence-electron chi connectivity index (χ1n) is 9.76. The van der Waals surface area contributed by atoms with E-state index in [-0.39, 0.29) is 0 Å². The zero-order chi connectivity index (χ0) is 18.5. The molecule has 1 aliphatic rings. The van der Waals surface area contributed by atoms with Crippen LogP contribution in [0.25, 0.3) is 10.9 Å². The predicted octanol–water partition coefficient (Wildman–Crippen LogP) is 4.31. The fraction of sp³-hybridized carbons (Fsp3) is 0.364. The molecule has 0 saturated carbocycles. The Labute approximate surface area is 160 Å². The van der Waals surface area contributed by atoms with Gasteiger partial charge in [-0.2, -0.15) is 0 Å². The van der Waals surface area contributed by atoms with Gasteiger partial charge in [-0.05, 0) is 62.0 Å². The monoisotopic (exact) mass is 362 g/mol. The maximum absolute atomic E-state index is 6.04. The molecule has 1 saturated heterocycles. The van der Waals surface area contributed by atoms with Crippen molar-refractivity contribution in [2.45, 2.75) is 26.2 Å². The molecule has 0 aliphatic carbocycles. The van der Waals surface area contributed by atoms with Crippen LogP contribution in [0.2, 0.25) is 0 Å². The largest absolute Gasteiger partial charge is 0.493 e. The summed E-state index contributed by atoms with van der Waals surface area (Å²) < 4.78 is 6.04. The SMILES string of the molecule is CCc1ccccc1Nc1ncnc2cc(OCC3CCNCC3)ccc12. The van der Waals surface area contributed by atoms with Gasteiger partial charge in [0.05, 0.1) is 12.1 Å². The fourth-order valence-electron chi connectivity index (χ4n) is 3.57. The molecular formula is C22H26N4O. The minimum atomic E-state index is 0.634. The second kappa shape index (κ2) is 8.35. The normalized spacial score (nSPS) is 15.0. The molecule has 1 aliphatic heterocycles. The third-order valence-electron chi connectivity index (χ3n) is 5.20. The Morgan fingerprint density at radius 1 is 1.11 bits per heavy atom. The van der Waals surface area contributed by atoms with E-state index in [1.165, 1.54) is 18.4 Å². The summed E-state index contributed by atoms with van der Waals surface area (Å²) in [6, 6.07) is 14.4. The van der Waals surface area contributed by atoms with E-state index < -0.39 is 0 Å². The maximum Gasteiger partial charge on any atom is 0.141 e. The van der Waals surface area contributed by atoms with E-state index in [4.69, 9.17) is 4.74 Å². The summed E-state index contributed by atoms with van der Waals surface area (Å²) in [6.45, 7) is 5.11. The van der Waals surface area contributed by atoms with E-state index in [2.05, 4.69) is 45.7 Å². The van der Waals surface area contributed by atoms with Gasteiger partial charge in [0.2, 0.25) is 0 Å². The molecule has 0 amide bonds. The first-order valence-corrected chi connectivity index (χ1v) is 9.76. The lowest BCUT2D eigenvalue weighted by Gasteiger charge is -2.22. The minimum absolute atomic E-state index is 0.634. The van der Waals surface area contributed by atoms with Crippen LogP contribution in [-0.4, -0.2) is 29.7 Å². The van der Waals surface area contributed by atoms with Gasteiger partial charge < -0.3 is 15.4 Å². The number of nitrogens with zero attached hydrogens (tertiary/aromatic N) is 2. The van der Waals surface area contributed by atoms with Crippen molar-refractivity contribution in [2.24, 2.45) is 5.92 Å². The third-order valence-corrected chi connectivity index (χ3v) is 5.20. The van der Waals surface area contributed by atoms with Crippen LogP contribution >= 0.6 is 0 Å². The van der Waals surface area contributed by atoms with Crippen molar-refractivity contribution in [3.63, 3.8) is 0 Å². The van der Waals surface area contributed by atoms with Crippen molar-refractivity contribution in [2.75, 3.05) is 25.0 Å². The number of hydrogen-bond donors (Lipinski definition) is 2. The van der Waals surface area contributed by atoms with Gasteiger partial charge in [-0.3, -0.25) is 0 Å². The first kappa shape index (κ1) is 17.7. The number of aromatic nitrogens is 2. The van der Waals surface area contributed by atoms with Gasteiger partial charge in [-0.25, -0.2) is 9.97 Å². The van der Waals surface area contributed by atoms with Crippen LogP contribution in [0.3, 0.4) is 0 Å². The van der Waals surface area contributed by atoms with Crippen molar-refractivity contribution in [3.05, 3.63) is 54.4 Å². The molecule has 2 aromatic carbocycles. The fourth-order valence-corrected chi connectivity index (χ4v) is 3.57. The molecular weight excluding hydrogens is 336 g/mol. The lowest BCUT2D eigenvalue weighted by Crippen LogP contribution is -2.30.